The zero-order valence-corrected chi connectivity index (χ0v) is 11.8. The van der Waals surface area contributed by atoms with Gasteiger partial charge in [-0.05, 0) is 36.1 Å². The minimum Gasteiger partial charge on any atom is -0.481 e. The number of rotatable bonds is 8. The molecule has 1 rings (SSSR count). The maximum absolute atomic E-state index is 13.0. The molecule has 108 valence electrons. The second-order valence-corrected chi connectivity index (χ2v) is 4.68. The van der Waals surface area contributed by atoms with Crippen LogP contribution in [0, 0.1) is 5.82 Å². The van der Waals surface area contributed by atoms with Gasteiger partial charge in [-0.25, -0.2) is 4.39 Å². The van der Waals surface area contributed by atoms with Crippen LogP contribution in [0.1, 0.15) is 44.6 Å². The highest BCUT2D eigenvalue weighted by atomic mass is 19.1. The lowest BCUT2D eigenvalue weighted by Gasteiger charge is -2.07. The molecule has 1 N–H and O–H groups in total. The smallest absolute Gasteiger partial charge is 0.307 e. The number of allylic oxidation sites excluding steroid dienone is 3. The fraction of sp³-hybridized carbons (Fsp3) is 0.353. The van der Waals surface area contributed by atoms with Crippen LogP contribution in [-0.4, -0.2) is 11.1 Å². The average Bonchev–Trinajstić information content (AvgIpc) is 2.42. The first kappa shape index (κ1) is 16.2. The molecule has 0 aliphatic carbocycles. The quantitative estimate of drug-likeness (QED) is 0.546. The van der Waals surface area contributed by atoms with Crippen molar-refractivity contribution < 1.29 is 14.3 Å². The molecule has 0 aromatic heterocycles. The van der Waals surface area contributed by atoms with Crippen LogP contribution in [0.15, 0.2) is 42.5 Å². The summed E-state index contributed by atoms with van der Waals surface area (Å²) < 4.78 is 13.0. The minimum absolute atomic E-state index is 0.0160. The van der Waals surface area contributed by atoms with E-state index in [1.54, 1.807) is 24.3 Å². The van der Waals surface area contributed by atoms with Crippen LogP contribution in [0.5, 0.6) is 0 Å². The van der Waals surface area contributed by atoms with E-state index in [4.69, 9.17) is 5.11 Å². The fourth-order valence-corrected chi connectivity index (χ4v) is 1.91. The Morgan fingerprint density at radius 2 is 1.95 bits per heavy atom. The van der Waals surface area contributed by atoms with Gasteiger partial charge in [0.1, 0.15) is 5.82 Å². The van der Waals surface area contributed by atoms with Gasteiger partial charge in [-0.3, -0.25) is 4.79 Å². The maximum atomic E-state index is 13.0. The highest BCUT2D eigenvalue weighted by Gasteiger charge is 2.01. The number of aliphatic carboxylic acids is 1. The van der Waals surface area contributed by atoms with Crippen molar-refractivity contribution in [3.63, 3.8) is 0 Å². The van der Waals surface area contributed by atoms with Gasteiger partial charge in [0.15, 0.2) is 0 Å². The van der Waals surface area contributed by atoms with Gasteiger partial charge in [0, 0.05) is 0 Å². The Bertz CT molecular complexity index is 472. The topological polar surface area (TPSA) is 37.3 Å². The summed E-state index contributed by atoms with van der Waals surface area (Å²) >= 11 is 0. The Labute approximate surface area is 119 Å². The second-order valence-electron chi connectivity index (χ2n) is 4.68. The van der Waals surface area contributed by atoms with E-state index in [0.717, 1.165) is 36.8 Å². The molecule has 0 spiro atoms. The Kier molecular flexibility index (Phi) is 7.33. The molecule has 20 heavy (non-hydrogen) atoms. The number of halogens is 1. The van der Waals surface area contributed by atoms with Crippen molar-refractivity contribution in [2.45, 2.75) is 39.0 Å². The monoisotopic (exact) mass is 276 g/mol. The van der Waals surface area contributed by atoms with E-state index >= 15 is 0 Å². The minimum atomic E-state index is -0.844. The number of carboxylic acid groups (broad SMARTS) is 1. The molecule has 3 heteroatoms. The van der Waals surface area contributed by atoms with E-state index < -0.39 is 5.97 Å². The Morgan fingerprint density at radius 3 is 2.55 bits per heavy atom. The Morgan fingerprint density at radius 1 is 1.25 bits per heavy atom. The number of benzene rings is 1. The maximum Gasteiger partial charge on any atom is 0.307 e. The molecule has 0 fully saturated rings. The number of carbonyl (C=O) groups is 1. The largest absolute Gasteiger partial charge is 0.481 e. The Hall–Kier alpha value is -1.90. The third-order valence-electron chi connectivity index (χ3n) is 2.99. The SMILES string of the molecule is CCCCC/C(=C\C=C\CC(=O)O)c1ccc(F)cc1. The summed E-state index contributed by atoms with van der Waals surface area (Å²) in [7, 11) is 0. The molecule has 0 saturated heterocycles. The summed E-state index contributed by atoms with van der Waals surface area (Å²) in [6.45, 7) is 2.15. The van der Waals surface area contributed by atoms with Crippen molar-refractivity contribution in [2.24, 2.45) is 0 Å². The van der Waals surface area contributed by atoms with Gasteiger partial charge < -0.3 is 5.11 Å². The lowest BCUT2D eigenvalue weighted by Crippen LogP contribution is -1.89. The van der Waals surface area contributed by atoms with Crippen LogP contribution in [0.25, 0.3) is 5.57 Å². The summed E-state index contributed by atoms with van der Waals surface area (Å²) in [5.74, 6) is -1.09. The highest BCUT2D eigenvalue weighted by molar-refractivity contribution is 5.70. The van der Waals surface area contributed by atoms with Gasteiger partial charge in [0.05, 0.1) is 6.42 Å². The van der Waals surface area contributed by atoms with Crippen LogP contribution < -0.4 is 0 Å². The van der Waals surface area contributed by atoms with Crippen molar-refractivity contribution in [1.82, 2.24) is 0 Å². The molecule has 0 saturated carbocycles. The first-order valence-electron chi connectivity index (χ1n) is 6.97. The molecule has 0 aliphatic heterocycles. The first-order valence-corrected chi connectivity index (χ1v) is 6.97. The molecule has 0 unspecified atom stereocenters. The summed E-state index contributed by atoms with van der Waals surface area (Å²) in [6.07, 6.45) is 9.60. The standard InChI is InChI=1S/C17H21FO2/c1-2-3-4-7-14(8-5-6-9-17(19)20)15-10-12-16(18)13-11-15/h5-6,8,10-13H,2-4,7,9H2,1H3,(H,19,20)/b6-5+,14-8+. The van der Waals surface area contributed by atoms with Gasteiger partial charge in [-0.1, -0.05) is 50.1 Å². The molecule has 1 aromatic rings. The van der Waals surface area contributed by atoms with Crippen LogP contribution in [-0.2, 0) is 4.79 Å². The highest BCUT2D eigenvalue weighted by Crippen LogP contribution is 2.21. The van der Waals surface area contributed by atoms with Gasteiger partial charge >= 0.3 is 5.97 Å². The van der Waals surface area contributed by atoms with Crippen LogP contribution in [0.3, 0.4) is 0 Å². The van der Waals surface area contributed by atoms with Gasteiger partial charge in [0.2, 0.25) is 0 Å². The molecule has 0 aliphatic rings. The zero-order chi connectivity index (χ0) is 14.8. The Balaban J connectivity index is 2.78. The predicted octanol–water partition coefficient (Wildman–Crippen LogP) is 4.82. The number of unbranched alkanes of at least 4 members (excludes halogenated alkanes) is 2. The van der Waals surface area contributed by atoms with Crippen molar-refractivity contribution in [3.05, 3.63) is 53.9 Å². The normalized spacial score (nSPS) is 12.0. The van der Waals surface area contributed by atoms with E-state index in [2.05, 4.69) is 6.92 Å². The molecule has 0 heterocycles. The molecule has 0 atom stereocenters. The van der Waals surface area contributed by atoms with E-state index in [1.807, 2.05) is 6.08 Å². The van der Waals surface area contributed by atoms with Crippen LogP contribution in [0.2, 0.25) is 0 Å². The lowest BCUT2D eigenvalue weighted by molar-refractivity contribution is -0.136. The third-order valence-corrected chi connectivity index (χ3v) is 2.99. The van der Waals surface area contributed by atoms with Crippen LogP contribution >= 0.6 is 0 Å². The summed E-state index contributed by atoms with van der Waals surface area (Å²) in [4.78, 5) is 10.4. The average molecular weight is 276 g/mol. The van der Waals surface area contributed by atoms with E-state index in [9.17, 15) is 9.18 Å². The number of carboxylic acids is 1. The molecule has 0 amide bonds. The van der Waals surface area contributed by atoms with Crippen molar-refractivity contribution in [2.75, 3.05) is 0 Å². The van der Waals surface area contributed by atoms with E-state index in [-0.39, 0.29) is 12.2 Å². The fourth-order valence-electron chi connectivity index (χ4n) is 1.91. The van der Waals surface area contributed by atoms with Gasteiger partial charge in [-0.15, -0.1) is 0 Å². The molecule has 2 nitrogen and oxygen atoms in total. The molecular formula is C17H21FO2. The first-order chi connectivity index (χ1) is 9.63. The molecule has 0 bridgehead atoms. The predicted molar refractivity (Wildman–Crippen MR) is 79.9 cm³/mol. The lowest BCUT2D eigenvalue weighted by atomic mass is 9.99. The molecule has 1 aromatic carbocycles. The molecular weight excluding hydrogens is 255 g/mol. The summed E-state index contributed by atoms with van der Waals surface area (Å²) in [5, 5.41) is 8.59. The van der Waals surface area contributed by atoms with Gasteiger partial charge in [-0.2, -0.15) is 0 Å². The van der Waals surface area contributed by atoms with E-state index in [0.29, 0.717) is 0 Å². The van der Waals surface area contributed by atoms with Crippen molar-refractivity contribution in [1.29, 1.82) is 0 Å². The summed E-state index contributed by atoms with van der Waals surface area (Å²) in [6, 6.07) is 6.42. The number of hydrogen-bond donors (Lipinski definition) is 1. The van der Waals surface area contributed by atoms with Crippen LogP contribution in [0.4, 0.5) is 4.39 Å². The zero-order valence-electron chi connectivity index (χ0n) is 11.8. The van der Waals surface area contributed by atoms with Gasteiger partial charge in [0.25, 0.3) is 0 Å². The molecule has 0 radical (unpaired) electrons. The number of hydrogen-bond acceptors (Lipinski definition) is 1. The third kappa shape index (κ3) is 6.32. The summed E-state index contributed by atoms with van der Waals surface area (Å²) in [5.41, 5.74) is 2.10. The van der Waals surface area contributed by atoms with Crippen molar-refractivity contribution >= 4 is 11.5 Å². The second kappa shape index (κ2) is 9.08. The van der Waals surface area contributed by atoms with Crippen molar-refractivity contribution in [3.8, 4) is 0 Å². The van der Waals surface area contributed by atoms with E-state index in [1.165, 1.54) is 12.1 Å².